The molecule has 0 spiro atoms. The maximum Gasteiger partial charge on any atom is 0.185 e. The lowest BCUT2D eigenvalue weighted by molar-refractivity contribution is 0.104. The van der Waals surface area contributed by atoms with Crippen molar-refractivity contribution in [2.24, 2.45) is 7.05 Å². The van der Waals surface area contributed by atoms with Gasteiger partial charge in [0.1, 0.15) is 5.75 Å². The number of para-hydroxylation sites is 1. The molecule has 3 aromatic carbocycles. The van der Waals surface area contributed by atoms with E-state index in [-0.39, 0.29) is 5.78 Å². The number of aromatic nitrogens is 1. The van der Waals surface area contributed by atoms with Crippen LogP contribution in [-0.4, -0.2) is 17.5 Å². The van der Waals surface area contributed by atoms with Gasteiger partial charge in [0.2, 0.25) is 0 Å². The Hall–Kier alpha value is -3.33. The predicted molar refractivity (Wildman–Crippen MR) is 107 cm³/mol. The van der Waals surface area contributed by atoms with Crippen molar-refractivity contribution in [1.82, 2.24) is 4.57 Å². The molecule has 0 aliphatic rings. The third-order valence-corrected chi connectivity index (χ3v) is 4.74. The Morgan fingerprint density at radius 2 is 1.65 bits per heavy atom. The molecule has 0 saturated heterocycles. The van der Waals surface area contributed by atoms with Gasteiger partial charge in [-0.1, -0.05) is 30.3 Å². The molecule has 128 valence electrons. The Balaban J connectivity index is 1.67. The number of benzene rings is 3. The second-order valence-corrected chi connectivity index (χ2v) is 6.28. The minimum absolute atomic E-state index is 0.0225. The van der Waals surface area contributed by atoms with Gasteiger partial charge in [0.05, 0.1) is 7.11 Å². The Labute approximate surface area is 152 Å². The highest BCUT2D eigenvalue weighted by Gasteiger charge is 2.07. The third kappa shape index (κ3) is 2.78. The smallest absolute Gasteiger partial charge is 0.185 e. The van der Waals surface area contributed by atoms with Crippen LogP contribution in [0.2, 0.25) is 0 Å². The molecule has 0 atom stereocenters. The van der Waals surface area contributed by atoms with Crippen molar-refractivity contribution in [1.29, 1.82) is 0 Å². The number of rotatable bonds is 4. The van der Waals surface area contributed by atoms with Crippen LogP contribution >= 0.6 is 0 Å². The molecule has 0 amide bonds. The number of ether oxygens (including phenoxy) is 1. The van der Waals surface area contributed by atoms with Crippen LogP contribution in [-0.2, 0) is 7.05 Å². The molecule has 3 heteroatoms. The Morgan fingerprint density at radius 1 is 0.923 bits per heavy atom. The van der Waals surface area contributed by atoms with Crippen molar-refractivity contribution in [3.05, 3.63) is 83.9 Å². The summed E-state index contributed by atoms with van der Waals surface area (Å²) < 4.78 is 7.32. The molecule has 0 aliphatic heterocycles. The second-order valence-electron chi connectivity index (χ2n) is 6.28. The number of carbonyl (C=O) groups excluding carboxylic acids is 1. The molecule has 26 heavy (non-hydrogen) atoms. The first-order valence-corrected chi connectivity index (χ1v) is 8.51. The maximum atomic E-state index is 12.4. The Kier molecular flexibility index (Phi) is 4.05. The molecule has 0 saturated carbocycles. The number of hydrogen-bond donors (Lipinski definition) is 0. The van der Waals surface area contributed by atoms with Crippen LogP contribution in [0.4, 0.5) is 0 Å². The topological polar surface area (TPSA) is 31.2 Å². The minimum Gasteiger partial charge on any atom is -0.497 e. The fourth-order valence-electron chi connectivity index (χ4n) is 3.31. The molecule has 0 N–H and O–H groups in total. The number of methoxy groups -OCH3 is 1. The average molecular weight is 341 g/mol. The van der Waals surface area contributed by atoms with Crippen molar-refractivity contribution in [3.8, 4) is 5.75 Å². The minimum atomic E-state index is -0.0225. The predicted octanol–water partition coefficient (Wildman–Crippen LogP) is 5.24. The maximum absolute atomic E-state index is 12.4. The van der Waals surface area contributed by atoms with Gasteiger partial charge in [0.25, 0.3) is 0 Å². The van der Waals surface area contributed by atoms with Crippen LogP contribution in [0.15, 0.2) is 72.8 Å². The van der Waals surface area contributed by atoms with Crippen molar-refractivity contribution >= 4 is 33.7 Å². The number of allylic oxidation sites excluding steroid dienone is 1. The monoisotopic (exact) mass is 341 g/mol. The summed E-state index contributed by atoms with van der Waals surface area (Å²) in [6, 6.07) is 21.8. The van der Waals surface area contributed by atoms with E-state index in [0.717, 1.165) is 11.3 Å². The van der Waals surface area contributed by atoms with Crippen LogP contribution in [0.5, 0.6) is 5.75 Å². The molecule has 0 aliphatic carbocycles. The zero-order valence-corrected chi connectivity index (χ0v) is 14.8. The second kappa shape index (κ2) is 6.52. The van der Waals surface area contributed by atoms with Crippen molar-refractivity contribution < 1.29 is 9.53 Å². The van der Waals surface area contributed by atoms with E-state index in [2.05, 4.69) is 48.0 Å². The molecule has 4 aromatic rings. The zero-order valence-electron chi connectivity index (χ0n) is 14.8. The summed E-state index contributed by atoms with van der Waals surface area (Å²) in [5.41, 5.74) is 4.05. The summed E-state index contributed by atoms with van der Waals surface area (Å²) in [6.45, 7) is 0. The van der Waals surface area contributed by atoms with Crippen molar-refractivity contribution in [3.63, 3.8) is 0 Å². The van der Waals surface area contributed by atoms with Crippen LogP contribution in [0.3, 0.4) is 0 Å². The highest BCUT2D eigenvalue weighted by molar-refractivity contribution is 6.09. The molecule has 0 bridgehead atoms. The highest BCUT2D eigenvalue weighted by Crippen LogP contribution is 2.29. The van der Waals surface area contributed by atoms with Crippen LogP contribution in [0.25, 0.3) is 27.9 Å². The van der Waals surface area contributed by atoms with Gasteiger partial charge in [-0.2, -0.15) is 0 Å². The first-order valence-electron chi connectivity index (χ1n) is 8.51. The highest BCUT2D eigenvalue weighted by atomic mass is 16.5. The molecule has 1 heterocycles. The largest absolute Gasteiger partial charge is 0.497 e. The van der Waals surface area contributed by atoms with Gasteiger partial charge >= 0.3 is 0 Å². The van der Waals surface area contributed by atoms with E-state index in [9.17, 15) is 4.79 Å². The van der Waals surface area contributed by atoms with Crippen molar-refractivity contribution in [2.45, 2.75) is 0 Å². The van der Waals surface area contributed by atoms with Gasteiger partial charge in [0.15, 0.2) is 5.78 Å². The molecular formula is C23H19NO2. The van der Waals surface area contributed by atoms with Crippen LogP contribution in [0, 0.1) is 0 Å². The van der Waals surface area contributed by atoms with E-state index in [1.165, 1.54) is 21.8 Å². The summed E-state index contributed by atoms with van der Waals surface area (Å²) >= 11 is 0. The van der Waals surface area contributed by atoms with E-state index in [1.807, 2.05) is 12.1 Å². The van der Waals surface area contributed by atoms with E-state index in [1.54, 1.807) is 37.5 Å². The number of aryl methyl sites for hydroxylation is 1. The number of carbonyl (C=O) groups is 1. The Morgan fingerprint density at radius 3 is 2.42 bits per heavy atom. The Bertz CT molecular complexity index is 1130. The molecule has 1 aromatic heterocycles. The SMILES string of the molecule is COc1ccc(C(=O)/C=C/c2ccc3c(c2)c2ccccc2n3C)cc1. The summed E-state index contributed by atoms with van der Waals surface area (Å²) in [6.07, 6.45) is 3.49. The van der Waals surface area contributed by atoms with Crippen LogP contribution in [0.1, 0.15) is 15.9 Å². The quantitative estimate of drug-likeness (QED) is 0.376. The van der Waals surface area contributed by atoms with Gasteiger partial charge in [-0.05, 0) is 54.1 Å². The number of nitrogens with zero attached hydrogens (tertiary/aromatic N) is 1. The first-order chi connectivity index (χ1) is 12.7. The number of ketones is 1. The molecule has 0 fully saturated rings. The van der Waals surface area contributed by atoms with Gasteiger partial charge in [0, 0.05) is 34.4 Å². The normalized spacial score (nSPS) is 11.5. The summed E-state index contributed by atoms with van der Waals surface area (Å²) in [4.78, 5) is 12.4. The van der Waals surface area contributed by atoms with Crippen LogP contribution < -0.4 is 4.74 Å². The molecule has 3 nitrogen and oxygen atoms in total. The summed E-state index contributed by atoms with van der Waals surface area (Å²) in [5, 5.41) is 2.42. The lowest BCUT2D eigenvalue weighted by Gasteiger charge is -2.00. The van der Waals surface area contributed by atoms with E-state index in [4.69, 9.17) is 4.74 Å². The molecule has 0 radical (unpaired) electrons. The fourth-order valence-corrected chi connectivity index (χ4v) is 3.31. The van der Waals surface area contributed by atoms with Crippen molar-refractivity contribution in [2.75, 3.05) is 7.11 Å². The zero-order chi connectivity index (χ0) is 18.1. The van der Waals surface area contributed by atoms with Gasteiger partial charge < -0.3 is 9.30 Å². The number of fused-ring (bicyclic) bond motifs is 3. The van der Waals surface area contributed by atoms with E-state index < -0.39 is 0 Å². The third-order valence-electron chi connectivity index (χ3n) is 4.74. The van der Waals surface area contributed by atoms with Gasteiger partial charge in [-0.25, -0.2) is 0 Å². The van der Waals surface area contributed by atoms with Gasteiger partial charge in [-0.3, -0.25) is 4.79 Å². The molecule has 4 rings (SSSR count). The lowest BCUT2D eigenvalue weighted by Crippen LogP contribution is -1.94. The average Bonchev–Trinajstić information content (AvgIpc) is 2.98. The summed E-state index contributed by atoms with van der Waals surface area (Å²) in [5.74, 6) is 0.720. The standard InChI is InChI=1S/C23H19NO2/c1-24-21-6-4-3-5-19(21)20-15-16(7-13-22(20)24)8-14-23(25)17-9-11-18(26-2)12-10-17/h3-15H,1-2H3/b14-8+. The molecule has 0 unspecified atom stereocenters. The van der Waals surface area contributed by atoms with E-state index in [0.29, 0.717) is 5.56 Å². The number of hydrogen-bond acceptors (Lipinski definition) is 2. The lowest BCUT2D eigenvalue weighted by atomic mass is 10.1. The van der Waals surface area contributed by atoms with E-state index >= 15 is 0 Å². The first kappa shape index (κ1) is 16.2. The van der Waals surface area contributed by atoms with Gasteiger partial charge in [-0.15, -0.1) is 0 Å². The fraction of sp³-hybridized carbons (Fsp3) is 0.0870. The molecular weight excluding hydrogens is 322 g/mol. The summed E-state index contributed by atoms with van der Waals surface area (Å²) in [7, 11) is 3.69.